The number of halogens is 1. The van der Waals surface area contributed by atoms with Crippen molar-refractivity contribution in [3.05, 3.63) is 66.0 Å². The molecule has 0 heterocycles. The number of nitrogens with two attached hydrogens (primary N) is 1. The van der Waals surface area contributed by atoms with Crippen LogP contribution in [0.25, 0.3) is 0 Å². The van der Waals surface area contributed by atoms with Gasteiger partial charge in [0.25, 0.3) is 0 Å². The van der Waals surface area contributed by atoms with Crippen molar-refractivity contribution in [2.24, 2.45) is 5.73 Å². The van der Waals surface area contributed by atoms with Crippen LogP contribution in [0.15, 0.2) is 54.6 Å². The third-order valence-electron chi connectivity index (χ3n) is 2.48. The average Bonchev–Trinajstić information content (AvgIpc) is 2.38. The highest BCUT2D eigenvalue weighted by atomic mass is 19.1. The number of hydrogen-bond acceptors (Lipinski definition) is 2. The number of para-hydroxylation sites is 1. The highest BCUT2D eigenvalue weighted by molar-refractivity contribution is 5.24. The van der Waals surface area contributed by atoms with Crippen LogP contribution in [-0.2, 0) is 0 Å². The highest BCUT2D eigenvalue weighted by Gasteiger charge is 2.08. The van der Waals surface area contributed by atoms with E-state index in [0.29, 0.717) is 0 Å². The van der Waals surface area contributed by atoms with E-state index < -0.39 is 0 Å². The van der Waals surface area contributed by atoms with Gasteiger partial charge < -0.3 is 10.5 Å². The van der Waals surface area contributed by atoms with Crippen molar-refractivity contribution >= 4 is 0 Å². The monoisotopic (exact) mass is 231 g/mol. The van der Waals surface area contributed by atoms with E-state index in [-0.39, 0.29) is 24.2 Å². The zero-order chi connectivity index (χ0) is 12.1. The van der Waals surface area contributed by atoms with Crippen molar-refractivity contribution in [2.45, 2.75) is 6.04 Å². The molecule has 0 fully saturated rings. The second-order valence-corrected chi connectivity index (χ2v) is 3.76. The molecule has 0 aliphatic carbocycles. The lowest BCUT2D eigenvalue weighted by Gasteiger charge is -2.13. The van der Waals surface area contributed by atoms with E-state index >= 15 is 0 Å². The second kappa shape index (κ2) is 5.46. The van der Waals surface area contributed by atoms with Gasteiger partial charge in [0.15, 0.2) is 11.6 Å². The molecule has 0 saturated carbocycles. The molecule has 0 unspecified atom stereocenters. The number of rotatable bonds is 4. The molecule has 0 radical (unpaired) electrons. The molecule has 2 aromatic rings. The van der Waals surface area contributed by atoms with Gasteiger partial charge in [-0.15, -0.1) is 0 Å². The molecule has 17 heavy (non-hydrogen) atoms. The smallest absolute Gasteiger partial charge is 0.165 e. The fourth-order valence-electron chi connectivity index (χ4n) is 1.54. The van der Waals surface area contributed by atoms with Crippen molar-refractivity contribution in [1.29, 1.82) is 0 Å². The Morgan fingerprint density at radius 3 is 2.35 bits per heavy atom. The summed E-state index contributed by atoms with van der Waals surface area (Å²) in [6, 6.07) is 15.7. The van der Waals surface area contributed by atoms with Gasteiger partial charge in [0.2, 0.25) is 0 Å². The van der Waals surface area contributed by atoms with E-state index in [0.717, 1.165) is 5.56 Å². The topological polar surface area (TPSA) is 35.2 Å². The van der Waals surface area contributed by atoms with E-state index in [4.69, 9.17) is 10.5 Å². The summed E-state index contributed by atoms with van der Waals surface area (Å²) in [6.07, 6.45) is 0. The maximum absolute atomic E-state index is 13.3. The quantitative estimate of drug-likeness (QED) is 0.878. The highest BCUT2D eigenvalue weighted by Crippen LogP contribution is 2.17. The minimum atomic E-state index is -0.368. The van der Waals surface area contributed by atoms with E-state index in [1.54, 1.807) is 18.2 Å². The normalized spacial score (nSPS) is 12.1. The van der Waals surface area contributed by atoms with Gasteiger partial charge in [0.05, 0.1) is 6.04 Å². The van der Waals surface area contributed by atoms with Gasteiger partial charge in [0.1, 0.15) is 6.61 Å². The van der Waals surface area contributed by atoms with Crippen molar-refractivity contribution < 1.29 is 9.13 Å². The first-order valence-electron chi connectivity index (χ1n) is 5.45. The molecule has 0 amide bonds. The lowest BCUT2D eigenvalue weighted by atomic mass is 10.1. The lowest BCUT2D eigenvalue weighted by molar-refractivity contribution is 0.277. The van der Waals surface area contributed by atoms with Crippen molar-refractivity contribution in [3.8, 4) is 5.75 Å². The summed E-state index contributed by atoms with van der Waals surface area (Å²) >= 11 is 0. The van der Waals surface area contributed by atoms with Gasteiger partial charge >= 0.3 is 0 Å². The van der Waals surface area contributed by atoms with Gasteiger partial charge in [-0.3, -0.25) is 0 Å². The Kier molecular flexibility index (Phi) is 3.73. The van der Waals surface area contributed by atoms with Gasteiger partial charge in [-0.25, -0.2) is 4.39 Å². The summed E-state index contributed by atoms with van der Waals surface area (Å²) in [5.41, 5.74) is 6.92. The van der Waals surface area contributed by atoms with Crippen molar-refractivity contribution in [3.63, 3.8) is 0 Å². The van der Waals surface area contributed by atoms with Gasteiger partial charge in [-0.05, 0) is 17.7 Å². The molecule has 88 valence electrons. The molecular weight excluding hydrogens is 217 g/mol. The molecule has 0 aliphatic rings. The van der Waals surface area contributed by atoms with Gasteiger partial charge in [-0.1, -0.05) is 42.5 Å². The Morgan fingerprint density at radius 1 is 1.00 bits per heavy atom. The Labute approximate surface area is 99.8 Å². The standard InChI is InChI=1S/C14H14FNO/c15-12-8-4-5-9-14(12)17-10-13(16)11-6-2-1-3-7-11/h1-9,13H,10,16H2/t13-/m0/s1. The predicted octanol–water partition coefficient (Wildman–Crippen LogP) is 2.90. The van der Waals surface area contributed by atoms with Gasteiger partial charge in [-0.2, -0.15) is 0 Å². The first-order chi connectivity index (χ1) is 8.27. The SMILES string of the molecule is N[C@@H](COc1ccccc1F)c1ccccc1. The number of benzene rings is 2. The van der Waals surface area contributed by atoms with Crippen molar-refractivity contribution in [1.82, 2.24) is 0 Å². The summed E-state index contributed by atoms with van der Waals surface area (Å²) in [7, 11) is 0. The summed E-state index contributed by atoms with van der Waals surface area (Å²) in [4.78, 5) is 0. The molecule has 0 aliphatic heterocycles. The average molecular weight is 231 g/mol. The molecule has 0 spiro atoms. The second-order valence-electron chi connectivity index (χ2n) is 3.76. The van der Waals surface area contributed by atoms with E-state index in [1.165, 1.54) is 6.07 Å². The Morgan fingerprint density at radius 2 is 1.65 bits per heavy atom. The summed E-state index contributed by atoms with van der Waals surface area (Å²) in [5.74, 6) is -0.133. The third-order valence-corrected chi connectivity index (χ3v) is 2.48. The largest absolute Gasteiger partial charge is 0.489 e. The van der Waals surface area contributed by atoms with Crippen LogP contribution in [0, 0.1) is 5.82 Å². The van der Waals surface area contributed by atoms with Crippen LogP contribution in [0.5, 0.6) is 5.75 Å². The molecule has 0 aromatic heterocycles. The molecule has 2 aromatic carbocycles. The predicted molar refractivity (Wildman–Crippen MR) is 65.3 cm³/mol. The van der Waals surface area contributed by atoms with Crippen LogP contribution >= 0.6 is 0 Å². The van der Waals surface area contributed by atoms with Crippen LogP contribution in [0.2, 0.25) is 0 Å². The zero-order valence-electron chi connectivity index (χ0n) is 9.34. The molecule has 3 heteroatoms. The first kappa shape index (κ1) is 11.6. The molecule has 0 bridgehead atoms. The van der Waals surface area contributed by atoms with Gasteiger partial charge in [0, 0.05) is 0 Å². The zero-order valence-corrected chi connectivity index (χ0v) is 9.34. The summed E-state index contributed by atoms with van der Waals surface area (Å²) < 4.78 is 18.6. The molecule has 0 saturated heterocycles. The van der Waals surface area contributed by atoms with Crippen LogP contribution < -0.4 is 10.5 Å². The molecule has 2 rings (SSSR count). The van der Waals surface area contributed by atoms with Crippen LogP contribution in [0.4, 0.5) is 4.39 Å². The van der Waals surface area contributed by atoms with E-state index in [1.807, 2.05) is 30.3 Å². The van der Waals surface area contributed by atoms with Crippen LogP contribution in [0.1, 0.15) is 11.6 Å². The molecule has 2 nitrogen and oxygen atoms in total. The molecule has 2 N–H and O–H groups in total. The third kappa shape index (κ3) is 3.04. The number of ether oxygens (including phenoxy) is 1. The first-order valence-corrected chi connectivity index (χ1v) is 5.45. The Balaban J connectivity index is 1.97. The van der Waals surface area contributed by atoms with Crippen molar-refractivity contribution in [2.75, 3.05) is 6.61 Å². The molecular formula is C14H14FNO. The van der Waals surface area contributed by atoms with E-state index in [9.17, 15) is 4.39 Å². The minimum Gasteiger partial charge on any atom is -0.489 e. The van der Waals surface area contributed by atoms with E-state index in [2.05, 4.69) is 0 Å². The van der Waals surface area contributed by atoms with Crippen LogP contribution in [0.3, 0.4) is 0 Å². The molecule has 1 atom stereocenters. The maximum atomic E-state index is 13.3. The Hall–Kier alpha value is -1.87. The van der Waals surface area contributed by atoms with Crippen LogP contribution in [-0.4, -0.2) is 6.61 Å². The fraction of sp³-hybridized carbons (Fsp3) is 0.143. The summed E-state index contributed by atoms with van der Waals surface area (Å²) in [5, 5.41) is 0. The maximum Gasteiger partial charge on any atom is 0.165 e. The summed E-state index contributed by atoms with van der Waals surface area (Å²) in [6.45, 7) is 0.255. The number of hydrogen-bond donors (Lipinski definition) is 1. The lowest BCUT2D eigenvalue weighted by Crippen LogP contribution is -2.19. The minimum absolute atomic E-state index is 0.235. The Bertz CT molecular complexity index is 473. The fourth-order valence-corrected chi connectivity index (χ4v) is 1.54.